The second-order valence-electron chi connectivity index (χ2n) is 8.59. The quantitative estimate of drug-likeness (QED) is 0.586. The van der Waals surface area contributed by atoms with Crippen LogP contribution >= 0.6 is 0 Å². The molecule has 2 fully saturated rings. The Balaban J connectivity index is 1.78. The van der Waals surface area contributed by atoms with Crippen molar-refractivity contribution >= 4 is 0 Å². The molecule has 6 atom stereocenters. The van der Waals surface area contributed by atoms with E-state index in [4.69, 9.17) is 0 Å². The van der Waals surface area contributed by atoms with Crippen molar-refractivity contribution in [2.24, 2.45) is 28.6 Å². The second-order valence-corrected chi connectivity index (χ2v) is 8.59. The maximum atomic E-state index is 10.7. The molecular formula is C19H28O3. The van der Waals surface area contributed by atoms with Crippen LogP contribution < -0.4 is 0 Å². The molecule has 0 heterocycles. The van der Waals surface area contributed by atoms with E-state index in [2.05, 4.69) is 19.9 Å². The number of fused-ring (bicyclic) bond motifs is 5. The van der Waals surface area contributed by atoms with Gasteiger partial charge in [-0.15, -0.1) is 0 Å². The molecule has 0 bridgehead atoms. The zero-order valence-electron chi connectivity index (χ0n) is 13.7. The SMILES string of the molecule is C[C@@]12CCC[C@H]1C1=CC[C@@H]3C[C@@H](O)C(O)=C(O)[C@]3(C)[C@H]1CC2. The van der Waals surface area contributed by atoms with Crippen LogP contribution in [0.3, 0.4) is 0 Å². The number of aliphatic hydroxyl groups is 3. The molecule has 4 aliphatic rings. The Kier molecular flexibility index (Phi) is 3.01. The summed E-state index contributed by atoms with van der Waals surface area (Å²) < 4.78 is 0. The highest BCUT2D eigenvalue weighted by Crippen LogP contribution is 2.64. The molecule has 4 aliphatic carbocycles. The van der Waals surface area contributed by atoms with E-state index in [1.165, 1.54) is 25.7 Å². The average molecular weight is 304 g/mol. The van der Waals surface area contributed by atoms with Crippen LogP contribution in [-0.4, -0.2) is 21.4 Å². The maximum Gasteiger partial charge on any atom is 0.159 e. The fraction of sp³-hybridized carbons (Fsp3) is 0.789. The molecule has 122 valence electrons. The Morgan fingerprint density at radius 3 is 2.64 bits per heavy atom. The molecule has 0 spiro atoms. The van der Waals surface area contributed by atoms with Gasteiger partial charge in [-0.05, 0) is 61.7 Å². The van der Waals surface area contributed by atoms with Gasteiger partial charge in [0.05, 0.1) is 0 Å². The summed E-state index contributed by atoms with van der Waals surface area (Å²) in [6.45, 7) is 4.55. The number of hydrogen-bond acceptors (Lipinski definition) is 3. The molecule has 3 nitrogen and oxygen atoms in total. The third-order valence-corrected chi connectivity index (χ3v) is 7.68. The van der Waals surface area contributed by atoms with E-state index in [-0.39, 0.29) is 17.4 Å². The van der Waals surface area contributed by atoms with E-state index < -0.39 is 11.5 Å². The van der Waals surface area contributed by atoms with Gasteiger partial charge in [0.15, 0.2) is 5.76 Å². The summed E-state index contributed by atoms with van der Waals surface area (Å²) in [6, 6.07) is 0. The molecular weight excluding hydrogens is 276 g/mol. The highest BCUT2D eigenvalue weighted by molar-refractivity contribution is 5.33. The molecule has 3 heteroatoms. The minimum absolute atomic E-state index is 0.0634. The van der Waals surface area contributed by atoms with E-state index in [0.29, 0.717) is 23.7 Å². The van der Waals surface area contributed by atoms with Crippen LogP contribution in [0.15, 0.2) is 23.2 Å². The van der Waals surface area contributed by atoms with Crippen LogP contribution in [0.1, 0.15) is 58.8 Å². The molecule has 0 aromatic heterocycles. The summed E-state index contributed by atoms with van der Waals surface area (Å²) in [5.74, 6) is 1.11. The van der Waals surface area contributed by atoms with Crippen molar-refractivity contribution in [1.82, 2.24) is 0 Å². The van der Waals surface area contributed by atoms with E-state index in [1.807, 2.05) is 0 Å². The molecule has 22 heavy (non-hydrogen) atoms. The first-order valence-electron chi connectivity index (χ1n) is 8.88. The summed E-state index contributed by atoms with van der Waals surface area (Å²) >= 11 is 0. The number of hydrogen-bond donors (Lipinski definition) is 3. The van der Waals surface area contributed by atoms with Crippen LogP contribution in [0.4, 0.5) is 0 Å². The molecule has 3 N–H and O–H groups in total. The fourth-order valence-corrected chi connectivity index (χ4v) is 6.24. The monoisotopic (exact) mass is 304 g/mol. The Labute approximate surface area is 132 Å². The Bertz CT molecular complexity index is 563. The standard InChI is InChI=1S/C19H28O3/c1-18-8-3-4-13(18)12-6-5-11-10-15(20)16(21)17(22)19(11,2)14(12)7-9-18/h6,11,13-15,20-22H,3-5,7-10H2,1-2H3/t11-,13+,14+,15-,18+,19+/m1/s1. The van der Waals surface area contributed by atoms with Crippen LogP contribution in [0, 0.1) is 28.6 Å². The molecule has 0 aromatic carbocycles. The van der Waals surface area contributed by atoms with Crippen LogP contribution in [-0.2, 0) is 0 Å². The van der Waals surface area contributed by atoms with E-state index in [9.17, 15) is 15.3 Å². The van der Waals surface area contributed by atoms with Gasteiger partial charge in [0, 0.05) is 5.41 Å². The van der Waals surface area contributed by atoms with Gasteiger partial charge < -0.3 is 15.3 Å². The zero-order valence-corrected chi connectivity index (χ0v) is 13.7. The molecule has 0 amide bonds. The lowest BCUT2D eigenvalue weighted by atomic mass is 9.49. The third kappa shape index (κ3) is 1.66. The zero-order chi connectivity index (χ0) is 15.7. The lowest BCUT2D eigenvalue weighted by Crippen LogP contribution is -2.50. The largest absolute Gasteiger partial charge is 0.508 e. The average Bonchev–Trinajstić information content (AvgIpc) is 2.89. The first kappa shape index (κ1) is 14.6. The number of rotatable bonds is 0. The summed E-state index contributed by atoms with van der Waals surface area (Å²) in [4.78, 5) is 0. The third-order valence-electron chi connectivity index (χ3n) is 7.68. The van der Waals surface area contributed by atoms with E-state index >= 15 is 0 Å². The van der Waals surface area contributed by atoms with Crippen molar-refractivity contribution < 1.29 is 15.3 Å². The lowest BCUT2D eigenvalue weighted by molar-refractivity contribution is -0.0230. The van der Waals surface area contributed by atoms with Gasteiger partial charge >= 0.3 is 0 Å². The molecule has 0 aromatic rings. The molecule has 0 radical (unpaired) electrons. The minimum atomic E-state index is -0.895. The van der Waals surface area contributed by atoms with Gasteiger partial charge in [-0.2, -0.15) is 0 Å². The van der Waals surface area contributed by atoms with Crippen molar-refractivity contribution in [3.05, 3.63) is 23.2 Å². The highest BCUT2D eigenvalue weighted by Gasteiger charge is 2.58. The smallest absolute Gasteiger partial charge is 0.159 e. The summed E-state index contributed by atoms with van der Waals surface area (Å²) in [5, 5.41) is 30.8. The lowest BCUT2D eigenvalue weighted by Gasteiger charge is -2.55. The van der Waals surface area contributed by atoms with Crippen molar-refractivity contribution in [1.29, 1.82) is 0 Å². The number of allylic oxidation sites excluding steroid dienone is 3. The van der Waals surface area contributed by atoms with Crippen LogP contribution in [0.2, 0.25) is 0 Å². The first-order chi connectivity index (χ1) is 10.4. The summed E-state index contributed by atoms with van der Waals surface area (Å²) in [7, 11) is 0. The Hall–Kier alpha value is -0.960. The van der Waals surface area contributed by atoms with Crippen molar-refractivity contribution in [2.75, 3.05) is 0 Å². The topological polar surface area (TPSA) is 60.7 Å². The molecule has 0 unspecified atom stereocenters. The van der Waals surface area contributed by atoms with Crippen molar-refractivity contribution in [2.45, 2.75) is 64.9 Å². The van der Waals surface area contributed by atoms with E-state index in [0.717, 1.165) is 12.8 Å². The summed E-state index contributed by atoms with van der Waals surface area (Å²) in [6.07, 6.45) is 9.25. The molecule has 0 aliphatic heterocycles. The molecule has 0 saturated heterocycles. The van der Waals surface area contributed by atoms with Crippen LogP contribution in [0.5, 0.6) is 0 Å². The second kappa shape index (κ2) is 4.53. The normalized spacial score (nSPS) is 51.0. The molecule has 4 rings (SSSR count). The van der Waals surface area contributed by atoms with Gasteiger partial charge in [-0.3, -0.25) is 0 Å². The van der Waals surface area contributed by atoms with E-state index in [1.54, 1.807) is 5.57 Å². The van der Waals surface area contributed by atoms with Gasteiger partial charge in [0.2, 0.25) is 0 Å². The maximum absolute atomic E-state index is 10.7. The van der Waals surface area contributed by atoms with Gasteiger partial charge in [0.1, 0.15) is 11.9 Å². The van der Waals surface area contributed by atoms with Gasteiger partial charge in [-0.25, -0.2) is 0 Å². The highest BCUT2D eigenvalue weighted by atomic mass is 16.3. The van der Waals surface area contributed by atoms with Crippen molar-refractivity contribution in [3.8, 4) is 0 Å². The first-order valence-corrected chi connectivity index (χ1v) is 8.88. The van der Waals surface area contributed by atoms with Gasteiger partial charge in [-0.1, -0.05) is 31.9 Å². The Morgan fingerprint density at radius 1 is 1.09 bits per heavy atom. The predicted octanol–water partition coefficient (Wildman–Crippen LogP) is 4.25. The minimum Gasteiger partial charge on any atom is -0.508 e. The molecule has 2 saturated carbocycles. The van der Waals surface area contributed by atoms with Gasteiger partial charge in [0.25, 0.3) is 0 Å². The fourth-order valence-electron chi connectivity index (χ4n) is 6.24. The predicted molar refractivity (Wildman–Crippen MR) is 85.4 cm³/mol. The van der Waals surface area contributed by atoms with Crippen LogP contribution in [0.25, 0.3) is 0 Å². The number of aliphatic hydroxyl groups excluding tert-OH is 3. The van der Waals surface area contributed by atoms with Crippen molar-refractivity contribution in [3.63, 3.8) is 0 Å². The summed E-state index contributed by atoms with van der Waals surface area (Å²) in [5.41, 5.74) is 1.60. The Morgan fingerprint density at radius 2 is 1.86 bits per heavy atom.